The minimum Gasteiger partial charge on any atom is -0.512 e. The lowest BCUT2D eigenvalue weighted by molar-refractivity contribution is -0.143. The molecule has 9 nitrogen and oxygen atoms in total. The number of nitrogens with zero attached hydrogens (tertiary/aromatic N) is 4. The maximum Gasteiger partial charge on any atom is 0.327 e. The molecule has 3 heterocycles. The van der Waals surface area contributed by atoms with Crippen LogP contribution in [0.3, 0.4) is 0 Å². The van der Waals surface area contributed by atoms with Gasteiger partial charge < -0.3 is 20.6 Å². The molecule has 0 saturated heterocycles. The van der Waals surface area contributed by atoms with E-state index in [1.54, 1.807) is 13.0 Å². The summed E-state index contributed by atoms with van der Waals surface area (Å²) in [6.45, 7) is 1.97. The van der Waals surface area contributed by atoms with Crippen LogP contribution >= 0.6 is 0 Å². The van der Waals surface area contributed by atoms with Crippen LogP contribution in [0.1, 0.15) is 24.6 Å². The first-order chi connectivity index (χ1) is 12.6. The Hall–Kier alpha value is -3.36. The van der Waals surface area contributed by atoms with E-state index in [4.69, 9.17) is 10.5 Å². The van der Waals surface area contributed by atoms with E-state index in [1.165, 1.54) is 11.0 Å². The number of H-pyrrole nitrogens is 1. The van der Waals surface area contributed by atoms with Gasteiger partial charge in [0.1, 0.15) is 24.4 Å². The number of nitrogens with two attached hydrogens (primary N) is 1. The number of allylic oxidation sites excluding steroid dienone is 1. The highest BCUT2D eigenvalue weighted by Crippen LogP contribution is 2.33. The smallest absolute Gasteiger partial charge is 0.327 e. The number of aliphatic hydroxyl groups is 1. The molecular weight excluding hydrogens is 336 g/mol. The SMILES string of the molecule is CCOC(=O)Cn1nc(-c2cc3c([nH]2)CCC(O)=C3)c2c(N)ncnc21. The molecule has 3 aromatic rings. The van der Waals surface area contributed by atoms with Gasteiger partial charge in [-0.05, 0) is 31.1 Å². The number of anilines is 1. The summed E-state index contributed by atoms with van der Waals surface area (Å²) in [5.74, 6) is 0.230. The van der Waals surface area contributed by atoms with Crippen LogP contribution in [0.25, 0.3) is 28.5 Å². The zero-order valence-electron chi connectivity index (χ0n) is 14.2. The molecule has 4 N–H and O–H groups in total. The molecule has 134 valence electrons. The second-order valence-corrected chi connectivity index (χ2v) is 6.02. The van der Waals surface area contributed by atoms with E-state index in [0.29, 0.717) is 41.9 Å². The van der Waals surface area contributed by atoms with Gasteiger partial charge in [0, 0.05) is 12.1 Å². The molecule has 0 atom stereocenters. The number of aromatic nitrogens is 5. The number of nitrogen functional groups attached to an aromatic ring is 1. The van der Waals surface area contributed by atoms with Crippen molar-refractivity contribution in [2.45, 2.75) is 26.3 Å². The number of hydrogen-bond donors (Lipinski definition) is 3. The molecule has 0 radical (unpaired) electrons. The van der Waals surface area contributed by atoms with E-state index < -0.39 is 5.97 Å². The molecule has 1 aliphatic carbocycles. The van der Waals surface area contributed by atoms with Crippen molar-refractivity contribution in [2.24, 2.45) is 0 Å². The van der Waals surface area contributed by atoms with Crippen molar-refractivity contribution in [3.8, 4) is 11.4 Å². The topological polar surface area (TPSA) is 132 Å². The summed E-state index contributed by atoms with van der Waals surface area (Å²) in [6.07, 6.45) is 4.38. The third-order valence-electron chi connectivity index (χ3n) is 4.29. The first kappa shape index (κ1) is 16.1. The molecule has 0 fully saturated rings. The van der Waals surface area contributed by atoms with Crippen molar-refractivity contribution >= 4 is 28.9 Å². The fourth-order valence-corrected chi connectivity index (χ4v) is 3.14. The molecule has 0 amide bonds. The Kier molecular flexibility index (Phi) is 3.83. The van der Waals surface area contributed by atoms with E-state index in [1.807, 2.05) is 6.07 Å². The molecular formula is C17H18N6O3. The van der Waals surface area contributed by atoms with Crippen LogP contribution < -0.4 is 5.73 Å². The number of nitrogens with one attached hydrogen (secondary N) is 1. The number of aromatic amines is 1. The highest BCUT2D eigenvalue weighted by molar-refractivity contribution is 5.98. The lowest BCUT2D eigenvalue weighted by Gasteiger charge is -2.06. The third-order valence-corrected chi connectivity index (χ3v) is 4.29. The van der Waals surface area contributed by atoms with Crippen molar-refractivity contribution < 1.29 is 14.6 Å². The number of carbonyl (C=O) groups excluding carboxylic acids is 1. The van der Waals surface area contributed by atoms with Gasteiger partial charge in [0.15, 0.2) is 5.65 Å². The van der Waals surface area contributed by atoms with Crippen molar-refractivity contribution in [1.29, 1.82) is 0 Å². The zero-order chi connectivity index (χ0) is 18.3. The van der Waals surface area contributed by atoms with Gasteiger partial charge in [-0.2, -0.15) is 5.10 Å². The molecule has 0 saturated carbocycles. The van der Waals surface area contributed by atoms with Gasteiger partial charge in [0.25, 0.3) is 0 Å². The van der Waals surface area contributed by atoms with E-state index in [9.17, 15) is 9.90 Å². The first-order valence-corrected chi connectivity index (χ1v) is 8.31. The van der Waals surface area contributed by atoms with Gasteiger partial charge in [-0.25, -0.2) is 14.6 Å². The standard InChI is InChI=1S/C17H18N6O3/c1-2-26-13(25)7-23-17-14(16(18)19-8-20-17)15(22-23)12-6-9-5-10(24)3-4-11(9)21-12/h5-6,8,21,24H,2-4,7H2,1H3,(H2,18,19,20). The lowest BCUT2D eigenvalue weighted by atomic mass is 10.0. The van der Waals surface area contributed by atoms with Crippen molar-refractivity contribution in [3.63, 3.8) is 0 Å². The van der Waals surface area contributed by atoms with Gasteiger partial charge in [-0.15, -0.1) is 0 Å². The van der Waals surface area contributed by atoms with Gasteiger partial charge >= 0.3 is 5.97 Å². The summed E-state index contributed by atoms with van der Waals surface area (Å²) >= 11 is 0. The zero-order valence-corrected chi connectivity index (χ0v) is 14.2. The number of rotatable bonds is 4. The number of ether oxygens (including phenoxy) is 1. The third kappa shape index (κ3) is 2.67. The van der Waals surface area contributed by atoms with Crippen LogP contribution in [0.4, 0.5) is 5.82 Å². The Morgan fingerprint density at radius 2 is 2.27 bits per heavy atom. The summed E-state index contributed by atoms with van der Waals surface area (Å²) in [7, 11) is 0. The van der Waals surface area contributed by atoms with Crippen LogP contribution in [0.5, 0.6) is 0 Å². The number of fused-ring (bicyclic) bond motifs is 2. The minimum atomic E-state index is -0.403. The fourth-order valence-electron chi connectivity index (χ4n) is 3.14. The number of carbonyl (C=O) groups is 1. The van der Waals surface area contributed by atoms with Crippen LogP contribution in [0.2, 0.25) is 0 Å². The van der Waals surface area contributed by atoms with E-state index in [-0.39, 0.29) is 12.4 Å². The van der Waals surface area contributed by atoms with Crippen LogP contribution in [0.15, 0.2) is 18.2 Å². The minimum absolute atomic E-state index is 0.0676. The summed E-state index contributed by atoms with van der Waals surface area (Å²) in [4.78, 5) is 23.5. The van der Waals surface area contributed by atoms with Crippen molar-refractivity contribution in [1.82, 2.24) is 24.7 Å². The molecule has 1 aliphatic rings. The largest absolute Gasteiger partial charge is 0.512 e. The molecule has 0 aromatic carbocycles. The van der Waals surface area contributed by atoms with Gasteiger partial charge in [0.05, 0.1) is 23.4 Å². The van der Waals surface area contributed by atoms with E-state index >= 15 is 0 Å². The van der Waals surface area contributed by atoms with Gasteiger partial charge in [-0.1, -0.05) is 0 Å². The Balaban J connectivity index is 1.84. The molecule has 0 unspecified atom stereocenters. The van der Waals surface area contributed by atoms with E-state index in [0.717, 1.165) is 17.0 Å². The van der Waals surface area contributed by atoms with Crippen molar-refractivity contribution in [3.05, 3.63) is 29.4 Å². The molecule has 0 spiro atoms. The summed E-state index contributed by atoms with van der Waals surface area (Å²) in [6, 6.07) is 1.90. The maximum absolute atomic E-state index is 11.9. The fraction of sp³-hybridized carbons (Fsp3) is 0.294. The van der Waals surface area contributed by atoms with Crippen molar-refractivity contribution in [2.75, 3.05) is 12.3 Å². The summed E-state index contributed by atoms with van der Waals surface area (Å²) in [5.41, 5.74) is 9.74. The average Bonchev–Trinajstić information content (AvgIpc) is 3.17. The highest BCUT2D eigenvalue weighted by atomic mass is 16.5. The predicted octanol–water partition coefficient (Wildman–Crippen LogP) is 1.81. The average molecular weight is 354 g/mol. The number of hydrogen-bond acceptors (Lipinski definition) is 7. The van der Waals surface area contributed by atoms with E-state index in [2.05, 4.69) is 20.1 Å². The number of esters is 1. The number of aryl methyl sites for hydroxylation is 1. The summed E-state index contributed by atoms with van der Waals surface area (Å²) < 4.78 is 6.47. The van der Waals surface area contributed by atoms with Crippen LogP contribution in [-0.2, 0) is 22.5 Å². The molecule has 0 bridgehead atoms. The number of aliphatic hydroxyl groups excluding tert-OH is 1. The Morgan fingerprint density at radius 3 is 3.08 bits per heavy atom. The Labute approximate surface area is 148 Å². The molecule has 3 aromatic heterocycles. The summed E-state index contributed by atoms with van der Waals surface area (Å²) in [5, 5.41) is 14.8. The van der Waals surface area contributed by atoms with Crippen LogP contribution in [-0.4, -0.2) is 42.4 Å². The highest BCUT2D eigenvalue weighted by Gasteiger charge is 2.22. The van der Waals surface area contributed by atoms with Gasteiger partial charge in [0.2, 0.25) is 0 Å². The van der Waals surface area contributed by atoms with Gasteiger partial charge in [-0.3, -0.25) is 4.79 Å². The quantitative estimate of drug-likeness (QED) is 0.609. The second-order valence-electron chi connectivity index (χ2n) is 6.02. The molecule has 4 rings (SSSR count). The lowest BCUT2D eigenvalue weighted by Crippen LogP contribution is -2.14. The van der Waals surface area contributed by atoms with Crippen LogP contribution in [0, 0.1) is 0 Å². The predicted molar refractivity (Wildman–Crippen MR) is 95.1 cm³/mol. The first-order valence-electron chi connectivity index (χ1n) is 8.31. The Morgan fingerprint density at radius 1 is 1.42 bits per heavy atom. The second kappa shape index (κ2) is 6.17. The molecule has 26 heavy (non-hydrogen) atoms. The molecule has 9 heteroatoms. The Bertz CT molecular complexity index is 1030. The maximum atomic E-state index is 11.9. The monoisotopic (exact) mass is 354 g/mol. The molecule has 0 aliphatic heterocycles. The normalized spacial score (nSPS) is 13.5.